The second kappa shape index (κ2) is 3.64. The fourth-order valence-corrected chi connectivity index (χ4v) is 1.85. The molecule has 80 valence electrons. The van der Waals surface area contributed by atoms with Gasteiger partial charge in [-0.05, 0) is 6.07 Å². The normalized spacial score (nSPS) is 17.7. The van der Waals surface area contributed by atoms with Crippen LogP contribution in [0.3, 0.4) is 0 Å². The number of halogens is 1. The number of fused-ring (bicyclic) bond motifs is 2. The Morgan fingerprint density at radius 2 is 2.12 bits per heavy atom. The summed E-state index contributed by atoms with van der Waals surface area (Å²) in [5.41, 5.74) is 2.67. The lowest BCUT2D eigenvalue weighted by Crippen LogP contribution is -2.26. The van der Waals surface area contributed by atoms with E-state index in [1.165, 1.54) is 0 Å². The van der Waals surface area contributed by atoms with Gasteiger partial charge in [-0.3, -0.25) is 0 Å². The summed E-state index contributed by atoms with van der Waals surface area (Å²) in [4.78, 5) is 8.63. The number of anilines is 1. The van der Waals surface area contributed by atoms with Gasteiger partial charge in [-0.25, -0.2) is 9.98 Å². The van der Waals surface area contributed by atoms with E-state index in [0.29, 0.717) is 23.4 Å². The average molecular weight is 233 g/mol. The minimum Gasteiger partial charge on any atom is -0.355 e. The molecule has 2 heterocycles. The van der Waals surface area contributed by atoms with Gasteiger partial charge in [0, 0.05) is 17.5 Å². The van der Waals surface area contributed by atoms with Crippen LogP contribution in [-0.4, -0.2) is 18.7 Å². The number of para-hydroxylation sites is 1. The number of hydrogen-bond acceptors (Lipinski definition) is 4. The Kier molecular flexibility index (Phi) is 2.15. The predicted octanol–water partition coefficient (Wildman–Crippen LogP) is 1.90. The first kappa shape index (κ1) is 9.42. The van der Waals surface area contributed by atoms with Crippen molar-refractivity contribution in [2.24, 2.45) is 9.98 Å². The number of nitrogens with one attached hydrogen (secondary N) is 2. The summed E-state index contributed by atoms with van der Waals surface area (Å²) < 4.78 is 0. The largest absolute Gasteiger partial charge is 0.355 e. The van der Waals surface area contributed by atoms with Crippen LogP contribution in [0.25, 0.3) is 0 Å². The van der Waals surface area contributed by atoms with E-state index >= 15 is 0 Å². The second-order valence-electron chi connectivity index (χ2n) is 3.47. The Bertz CT molecular complexity index is 531. The SMILES string of the molecule is ClC1=C2N=Cc3ccccc3NC2=NCN1. The summed E-state index contributed by atoms with van der Waals surface area (Å²) in [6, 6.07) is 7.92. The fourth-order valence-electron chi connectivity index (χ4n) is 1.65. The molecule has 0 aliphatic carbocycles. The molecular formula is C11H9ClN4. The molecule has 2 aliphatic heterocycles. The zero-order valence-electron chi connectivity index (χ0n) is 8.37. The van der Waals surface area contributed by atoms with Crippen molar-refractivity contribution >= 4 is 29.3 Å². The third-order valence-electron chi connectivity index (χ3n) is 2.45. The third kappa shape index (κ3) is 1.47. The Morgan fingerprint density at radius 1 is 1.25 bits per heavy atom. The summed E-state index contributed by atoms with van der Waals surface area (Å²) in [7, 11) is 0. The molecule has 5 heteroatoms. The van der Waals surface area contributed by atoms with Crippen LogP contribution in [0.1, 0.15) is 5.56 Å². The Labute approximate surface area is 97.7 Å². The minimum atomic E-state index is 0.475. The summed E-state index contributed by atoms with van der Waals surface area (Å²) in [6.45, 7) is 0.475. The van der Waals surface area contributed by atoms with Gasteiger partial charge in [0.2, 0.25) is 0 Å². The number of benzene rings is 1. The highest BCUT2D eigenvalue weighted by molar-refractivity contribution is 6.33. The summed E-state index contributed by atoms with van der Waals surface area (Å²) in [5.74, 6) is 0.713. The van der Waals surface area contributed by atoms with Gasteiger partial charge in [-0.1, -0.05) is 29.8 Å². The first-order chi connectivity index (χ1) is 7.84. The van der Waals surface area contributed by atoms with E-state index in [0.717, 1.165) is 11.3 Å². The van der Waals surface area contributed by atoms with Gasteiger partial charge < -0.3 is 10.6 Å². The number of hydrogen-bond donors (Lipinski definition) is 2. The quantitative estimate of drug-likeness (QED) is 0.672. The van der Waals surface area contributed by atoms with Crippen LogP contribution < -0.4 is 10.6 Å². The Hall–Kier alpha value is -1.81. The van der Waals surface area contributed by atoms with Gasteiger partial charge in [0.15, 0.2) is 5.84 Å². The van der Waals surface area contributed by atoms with Gasteiger partial charge >= 0.3 is 0 Å². The molecule has 1 aromatic rings. The van der Waals surface area contributed by atoms with Crippen LogP contribution in [0.15, 0.2) is 45.1 Å². The Balaban J connectivity index is 2.13. The van der Waals surface area contributed by atoms with Crippen LogP contribution in [0.4, 0.5) is 5.69 Å². The molecule has 0 atom stereocenters. The van der Waals surface area contributed by atoms with Gasteiger partial charge in [0.25, 0.3) is 0 Å². The molecule has 3 rings (SSSR count). The maximum atomic E-state index is 6.04. The lowest BCUT2D eigenvalue weighted by Gasteiger charge is -2.15. The van der Waals surface area contributed by atoms with Gasteiger partial charge in [-0.2, -0.15) is 0 Å². The van der Waals surface area contributed by atoms with E-state index in [1.54, 1.807) is 6.21 Å². The molecule has 0 saturated heterocycles. The highest BCUT2D eigenvalue weighted by Gasteiger charge is 2.18. The smallest absolute Gasteiger partial charge is 0.156 e. The summed E-state index contributed by atoms with van der Waals surface area (Å²) in [5, 5.41) is 6.70. The maximum absolute atomic E-state index is 6.04. The highest BCUT2D eigenvalue weighted by atomic mass is 35.5. The van der Waals surface area contributed by atoms with E-state index in [2.05, 4.69) is 20.6 Å². The van der Waals surface area contributed by atoms with Crippen molar-refractivity contribution < 1.29 is 0 Å². The maximum Gasteiger partial charge on any atom is 0.156 e. The fraction of sp³-hybridized carbons (Fsp3) is 0.0909. The molecule has 0 saturated carbocycles. The second-order valence-corrected chi connectivity index (χ2v) is 3.85. The number of aliphatic imine (C=N–C) groups is 2. The lowest BCUT2D eigenvalue weighted by atomic mass is 10.2. The van der Waals surface area contributed by atoms with Gasteiger partial charge in [-0.15, -0.1) is 0 Å². The van der Waals surface area contributed by atoms with E-state index in [4.69, 9.17) is 11.6 Å². The molecule has 0 unspecified atom stereocenters. The molecule has 0 amide bonds. The van der Waals surface area contributed by atoms with Crippen molar-refractivity contribution in [3.63, 3.8) is 0 Å². The molecule has 0 spiro atoms. The van der Waals surface area contributed by atoms with Crippen molar-refractivity contribution in [1.82, 2.24) is 5.32 Å². The molecule has 2 aliphatic rings. The highest BCUT2D eigenvalue weighted by Crippen LogP contribution is 2.22. The zero-order chi connectivity index (χ0) is 11.0. The molecule has 0 aromatic heterocycles. The average Bonchev–Trinajstić information content (AvgIpc) is 2.48. The molecule has 0 radical (unpaired) electrons. The number of amidine groups is 1. The van der Waals surface area contributed by atoms with Crippen molar-refractivity contribution in [3.8, 4) is 0 Å². The molecule has 0 bridgehead atoms. The number of nitrogens with zero attached hydrogens (tertiary/aromatic N) is 2. The van der Waals surface area contributed by atoms with E-state index < -0.39 is 0 Å². The summed E-state index contributed by atoms with van der Waals surface area (Å²) in [6.07, 6.45) is 1.79. The predicted molar refractivity (Wildman–Crippen MR) is 66.0 cm³/mol. The Morgan fingerprint density at radius 3 is 3.06 bits per heavy atom. The first-order valence-corrected chi connectivity index (χ1v) is 5.31. The van der Waals surface area contributed by atoms with Gasteiger partial charge in [0.1, 0.15) is 17.5 Å². The van der Waals surface area contributed by atoms with Crippen LogP contribution in [0.5, 0.6) is 0 Å². The van der Waals surface area contributed by atoms with E-state index in [1.807, 2.05) is 24.3 Å². The third-order valence-corrected chi connectivity index (χ3v) is 2.76. The summed E-state index contributed by atoms with van der Waals surface area (Å²) >= 11 is 6.04. The standard InChI is InChI=1S/C11H9ClN4/c12-10-9-11(15-6-14-10)16-8-4-2-1-3-7(8)5-13-9/h1-5,14H,6H2,(H,15,16). The first-order valence-electron chi connectivity index (χ1n) is 4.93. The van der Waals surface area contributed by atoms with Crippen molar-refractivity contribution in [2.45, 2.75) is 0 Å². The molecule has 4 nitrogen and oxygen atoms in total. The van der Waals surface area contributed by atoms with Crippen LogP contribution >= 0.6 is 11.6 Å². The van der Waals surface area contributed by atoms with E-state index in [9.17, 15) is 0 Å². The minimum absolute atomic E-state index is 0.475. The molecular weight excluding hydrogens is 224 g/mol. The monoisotopic (exact) mass is 232 g/mol. The van der Waals surface area contributed by atoms with Crippen LogP contribution in [0.2, 0.25) is 0 Å². The van der Waals surface area contributed by atoms with Gasteiger partial charge in [0.05, 0.1) is 0 Å². The number of rotatable bonds is 0. The van der Waals surface area contributed by atoms with Crippen molar-refractivity contribution in [1.29, 1.82) is 0 Å². The topological polar surface area (TPSA) is 48.8 Å². The molecule has 16 heavy (non-hydrogen) atoms. The molecule has 1 aromatic carbocycles. The van der Waals surface area contributed by atoms with Crippen molar-refractivity contribution in [2.75, 3.05) is 12.0 Å². The van der Waals surface area contributed by atoms with Crippen molar-refractivity contribution in [3.05, 3.63) is 40.7 Å². The zero-order valence-corrected chi connectivity index (χ0v) is 9.12. The lowest BCUT2D eigenvalue weighted by molar-refractivity contribution is 0.843. The molecule has 0 fully saturated rings. The van der Waals surface area contributed by atoms with E-state index in [-0.39, 0.29) is 0 Å². The van der Waals surface area contributed by atoms with Crippen LogP contribution in [0, 0.1) is 0 Å². The molecule has 2 N–H and O–H groups in total. The van der Waals surface area contributed by atoms with Crippen LogP contribution in [-0.2, 0) is 0 Å².